The van der Waals surface area contributed by atoms with Crippen molar-refractivity contribution in [2.24, 2.45) is 0 Å². The Morgan fingerprint density at radius 3 is 2.39 bits per heavy atom. The Hall–Kier alpha value is -3.02. The van der Waals surface area contributed by atoms with E-state index in [9.17, 15) is 14.4 Å². The number of pyridine rings is 1. The molecule has 0 atom stereocenters. The molecule has 6 heteroatoms. The number of methoxy groups -OCH3 is 1. The molecule has 0 saturated carbocycles. The predicted molar refractivity (Wildman–Crippen MR) is 83.1 cm³/mol. The Kier molecular flexibility index (Phi) is 5.19. The summed E-state index contributed by atoms with van der Waals surface area (Å²) in [5, 5.41) is 2.73. The van der Waals surface area contributed by atoms with Crippen LogP contribution in [0.25, 0.3) is 0 Å². The molecule has 118 valence electrons. The van der Waals surface area contributed by atoms with Crippen molar-refractivity contribution in [3.8, 4) is 0 Å². The van der Waals surface area contributed by atoms with Crippen LogP contribution >= 0.6 is 0 Å². The Morgan fingerprint density at radius 1 is 1.09 bits per heavy atom. The van der Waals surface area contributed by atoms with E-state index in [0.717, 1.165) is 0 Å². The van der Waals surface area contributed by atoms with Crippen LogP contribution in [0.5, 0.6) is 0 Å². The summed E-state index contributed by atoms with van der Waals surface area (Å²) in [6.07, 6.45) is 3.34. The van der Waals surface area contributed by atoms with Gasteiger partial charge in [-0.25, -0.2) is 4.79 Å². The number of nitrogens with zero attached hydrogens (tertiary/aromatic N) is 1. The minimum absolute atomic E-state index is 0.0573. The van der Waals surface area contributed by atoms with E-state index < -0.39 is 5.97 Å². The van der Waals surface area contributed by atoms with Crippen LogP contribution < -0.4 is 9.88 Å². The first-order valence-corrected chi connectivity index (χ1v) is 6.98. The summed E-state index contributed by atoms with van der Waals surface area (Å²) in [7, 11) is 1.31. The number of carbonyl (C=O) groups is 3. The molecule has 0 aliphatic rings. The molecular weight excluding hydrogens is 296 g/mol. The normalized spacial score (nSPS) is 10.0. The molecule has 1 aromatic heterocycles. The predicted octanol–water partition coefficient (Wildman–Crippen LogP) is 1.60. The van der Waals surface area contributed by atoms with Crippen LogP contribution in [0.1, 0.15) is 27.6 Å². The standard InChI is InChI=1S/C17H16N2O4/c1-12(20)14-4-3-9-19(10-14)11-16(21)18-15-7-5-13(6-8-15)17(22)23-2/h3-10H,11H2,1-2H3/p+1. The van der Waals surface area contributed by atoms with Crippen molar-refractivity contribution in [1.82, 2.24) is 0 Å². The molecule has 1 heterocycles. The topological polar surface area (TPSA) is 76.3 Å². The summed E-state index contributed by atoms with van der Waals surface area (Å²) in [6.45, 7) is 1.56. The van der Waals surface area contributed by atoms with Gasteiger partial charge in [-0.3, -0.25) is 9.59 Å². The third-order valence-corrected chi connectivity index (χ3v) is 3.18. The molecule has 0 spiro atoms. The van der Waals surface area contributed by atoms with Crippen molar-refractivity contribution in [3.05, 3.63) is 59.9 Å². The van der Waals surface area contributed by atoms with E-state index in [-0.39, 0.29) is 18.2 Å². The second-order valence-electron chi connectivity index (χ2n) is 4.94. The van der Waals surface area contributed by atoms with Gasteiger partial charge in [0.1, 0.15) is 0 Å². The molecule has 1 aromatic carbocycles. The summed E-state index contributed by atoms with van der Waals surface area (Å²) >= 11 is 0. The molecule has 6 nitrogen and oxygen atoms in total. The van der Waals surface area contributed by atoms with Crippen LogP contribution in [0.4, 0.5) is 5.69 Å². The fourth-order valence-corrected chi connectivity index (χ4v) is 2.00. The number of Topliss-reactive ketones (excluding diaryl/α,β-unsaturated/α-hetero) is 1. The number of aromatic nitrogens is 1. The highest BCUT2D eigenvalue weighted by molar-refractivity contribution is 5.94. The molecule has 0 aliphatic carbocycles. The zero-order valence-electron chi connectivity index (χ0n) is 12.9. The molecular formula is C17H17N2O4+. The quantitative estimate of drug-likeness (QED) is 0.517. The van der Waals surface area contributed by atoms with Crippen LogP contribution in [-0.4, -0.2) is 24.8 Å². The van der Waals surface area contributed by atoms with Gasteiger partial charge in [-0.05, 0) is 37.3 Å². The van der Waals surface area contributed by atoms with Crippen LogP contribution in [0.2, 0.25) is 0 Å². The summed E-state index contributed by atoms with van der Waals surface area (Å²) in [5.41, 5.74) is 1.53. The summed E-state index contributed by atoms with van der Waals surface area (Å²) in [4.78, 5) is 34.7. The van der Waals surface area contributed by atoms with Gasteiger partial charge in [0.25, 0.3) is 5.91 Å². The number of ether oxygens (including phenoxy) is 1. The monoisotopic (exact) mass is 313 g/mol. The Balaban J connectivity index is 2.01. The lowest BCUT2D eigenvalue weighted by atomic mass is 10.2. The molecule has 0 unspecified atom stereocenters. The maximum absolute atomic E-state index is 12.0. The molecule has 0 saturated heterocycles. The van der Waals surface area contributed by atoms with Crippen molar-refractivity contribution in [2.45, 2.75) is 13.5 Å². The SMILES string of the molecule is COC(=O)c1ccc(NC(=O)C[n+]2cccc(C(C)=O)c2)cc1. The number of esters is 1. The zero-order valence-corrected chi connectivity index (χ0v) is 12.9. The number of ketones is 1. The smallest absolute Gasteiger partial charge is 0.337 e. The number of nitrogens with one attached hydrogen (secondary N) is 1. The van der Waals surface area contributed by atoms with Crippen LogP contribution in [0.3, 0.4) is 0 Å². The van der Waals surface area contributed by atoms with E-state index in [2.05, 4.69) is 10.1 Å². The van der Waals surface area contributed by atoms with Crippen molar-refractivity contribution >= 4 is 23.3 Å². The molecule has 0 aliphatic heterocycles. The van der Waals surface area contributed by atoms with E-state index >= 15 is 0 Å². The molecule has 1 N–H and O–H groups in total. The number of anilines is 1. The van der Waals surface area contributed by atoms with Gasteiger partial charge in [0.05, 0.1) is 18.2 Å². The van der Waals surface area contributed by atoms with Crippen molar-refractivity contribution < 1.29 is 23.7 Å². The number of hydrogen-bond acceptors (Lipinski definition) is 4. The molecule has 0 radical (unpaired) electrons. The fraction of sp³-hybridized carbons (Fsp3) is 0.176. The second-order valence-corrected chi connectivity index (χ2v) is 4.94. The first-order chi connectivity index (χ1) is 11.0. The van der Waals surface area contributed by atoms with Gasteiger partial charge in [0.2, 0.25) is 6.54 Å². The number of amides is 1. The number of rotatable bonds is 5. The van der Waals surface area contributed by atoms with Gasteiger partial charge in [0.15, 0.2) is 18.2 Å². The molecule has 0 fully saturated rings. The molecule has 23 heavy (non-hydrogen) atoms. The third kappa shape index (κ3) is 4.47. The first-order valence-electron chi connectivity index (χ1n) is 6.98. The van der Waals surface area contributed by atoms with E-state index in [1.807, 2.05) is 0 Å². The maximum atomic E-state index is 12.0. The van der Waals surface area contributed by atoms with Gasteiger partial charge < -0.3 is 10.1 Å². The van der Waals surface area contributed by atoms with Gasteiger partial charge >= 0.3 is 5.97 Å². The van der Waals surface area contributed by atoms with Crippen molar-refractivity contribution in [3.63, 3.8) is 0 Å². The Morgan fingerprint density at radius 2 is 1.78 bits per heavy atom. The lowest BCUT2D eigenvalue weighted by molar-refractivity contribution is -0.684. The van der Waals surface area contributed by atoms with Gasteiger partial charge in [-0.1, -0.05) is 0 Å². The number of benzene rings is 1. The highest BCUT2D eigenvalue weighted by atomic mass is 16.5. The average molecular weight is 313 g/mol. The molecule has 2 aromatic rings. The summed E-state index contributed by atoms with van der Waals surface area (Å²) in [5.74, 6) is -0.723. The average Bonchev–Trinajstić information content (AvgIpc) is 2.55. The highest BCUT2D eigenvalue weighted by Gasteiger charge is 2.12. The largest absolute Gasteiger partial charge is 0.465 e. The Labute approximate surface area is 133 Å². The van der Waals surface area contributed by atoms with E-state index in [1.165, 1.54) is 14.0 Å². The minimum Gasteiger partial charge on any atom is -0.465 e. The van der Waals surface area contributed by atoms with Gasteiger partial charge in [-0.15, -0.1) is 0 Å². The van der Waals surface area contributed by atoms with Crippen molar-refractivity contribution in [2.75, 3.05) is 12.4 Å². The lowest BCUT2D eigenvalue weighted by Gasteiger charge is -2.04. The summed E-state index contributed by atoms with van der Waals surface area (Å²) < 4.78 is 6.24. The molecule has 1 amide bonds. The van der Waals surface area contributed by atoms with Crippen LogP contribution in [-0.2, 0) is 16.1 Å². The van der Waals surface area contributed by atoms with E-state index in [1.54, 1.807) is 53.4 Å². The second kappa shape index (κ2) is 7.31. The van der Waals surface area contributed by atoms with E-state index in [4.69, 9.17) is 0 Å². The van der Waals surface area contributed by atoms with E-state index in [0.29, 0.717) is 16.8 Å². The first kappa shape index (κ1) is 16.4. The number of hydrogen-bond donors (Lipinski definition) is 1. The highest BCUT2D eigenvalue weighted by Crippen LogP contribution is 2.10. The third-order valence-electron chi connectivity index (χ3n) is 3.18. The minimum atomic E-state index is -0.431. The van der Waals surface area contributed by atoms with Gasteiger partial charge in [-0.2, -0.15) is 4.57 Å². The molecule has 0 bridgehead atoms. The maximum Gasteiger partial charge on any atom is 0.337 e. The lowest BCUT2D eigenvalue weighted by Crippen LogP contribution is -2.40. The fourth-order valence-electron chi connectivity index (χ4n) is 2.00. The number of carbonyl (C=O) groups excluding carboxylic acids is 3. The summed E-state index contributed by atoms with van der Waals surface area (Å²) in [6, 6.07) is 9.81. The Bertz CT molecular complexity index is 739. The van der Waals surface area contributed by atoms with Crippen LogP contribution in [0.15, 0.2) is 48.8 Å². The zero-order chi connectivity index (χ0) is 16.8. The van der Waals surface area contributed by atoms with Crippen molar-refractivity contribution in [1.29, 1.82) is 0 Å². The van der Waals surface area contributed by atoms with Gasteiger partial charge in [0, 0.05) is 11.8 Å². The van der Waals surface area contributed by atoms with Crippen LogP contribution in [0, 0.1) is 0 Å². The molecule has 2 rings (SSSR count).